The van der Waals surface area contributed by atoms with E-state index in [9.17, 15) is 14.7 Å². The molecule has 0 aromatic carbocycles. The van der Waals surface area contributed by atoms with Crippen LogP contribution < -0.4 is 22.5 Å². The molecule has 1 amide bonds. The van der Waals surface area contributed by atoms with Crippen LogP contribution in [0.1, 0.15) is 32.6 Å². The molecule has 126 valence electrons. The van der Waals surface area contributed by atoms with Gasteiger partial charge in [0.25, 0.3) is 0 Å². The van der Waals surface area contributed by atoms with Crippen LogP contribution in [0.3, 0.4) is 0 Å². The van der Waals surface area contributed by atoms with E-state index in [4.69, 9.17) is 22.6 Å². The van der Waals surface area contributed by atoms with E-state index in [1.54, 1.807) is 6.92 Å². The monoisotopic (exact) mass is 314 g/mol. The molecule has 0 bridgehead atoms. The zero-order valence-corrected chi connectivity index (χ0v) is 12.8. The lowest BCUT2D eigenvalue weighted by atomic mass is 9.82. The van der Waals surface area contributed by atoms with Gasteiger partial charge < -0.3 is 32.5 Å². The largest absolute Gasteiger partial charge is 0.480 e. The molecule has 1 aliphatic heterocycles. The molecule has 9 heteroatoms. The Bertz CT molecular complexity index is 443. The summed E-state index contributed by atoms with van der Waals surface area (Å²) in [5.41, 5.74) is 15.6. The molecule has 0 saturated carbocycles. The van der Waals surface area contributed by atoms with Gasteiger partial charge in [-0.3, -0.25) is 15.0 Å². The molecule has 0 aromatic rings. The number of carbonyl (C=O) groups is 2. The summed E-state index contributed by atoms with van der Waals surface area (Å²) in [6.07, 6.45) is 1.89. The maximum absolute atomic E-state index is 12.4. The number of nitrogens with zero attached hydrogens (tertiary/aromatic N) is 1. The van der Waals surface area contributed by atoms with Crippen molar-refractivity contribution in [3.8, 4) is 0 Å². The molecule has 0 spiro atoms. The van der Waals surface area contributed by atoms with E-state index in [1.165, 1.54) is 4.90 Å². The third-order valence-electron chi connectivity index (χ3n) is 4.21. The van der Waals surface area contributed by atoms with E-state index in [1.807, 2.05) is 0 Å². The number of likely N-dealkylation sites (tertiary alicyclic amines) is 1. The first-order chi connectivity index (χ1) is 10.2. The summed E-state index contributed by atoms with van der Waals surface area (Å²) in [4.78, 5) is 25.2. The minimum Gasteiger partial charge on any atom is -0.480 e. The van der Waals surface area contributed by atoms with Gasteiger partial charge in [-0.25, -0.2) is 0 Å². The molecular weight excluding hydrogens is 288 g/mol. The minimum absolute atomic E-state index is 0.126. The van der Waals surface area contributed by atoms with Crippen molar-refractivity contribution < 1.29 is 14.7 Å². The predicted octanol–water partition coefficient (Wildman–Crippen LogP) is -1.63. The van der Waals surface area contributed by atoms with E-state index in [0.717, 1.165) is 0 Å². The predicted molar refractivity (Wildman–Crippen MR) is 82.1 cm³/mol. The van der Waals surface area contributed by atoms with E-state index in [-0.39, 0.29) is 11.9 Å². The Morgan fingerprint density at radius 3 is 2.73 bits per heavy atom. The van der Waals surface area contributed by atoms with Crippen molar-refractivity contribution in [2.45, 2.75) is 50.2 Å². The first kappa shape index (κ1) is 18.2. The number of carboxylic acids is 1. The minimum atomic E-state index is -1.43. The van der Waals surface area contributed by atoms with Crippen LogP contribution in [0.5, 0.6) is 0 Å². The third-order valence-corrected chi connectivity index (χ3v) is 4.21. The highest BCUT2D eigenvalue weighted by Gasteiger charge is 2.47. The Hall–Kier alpha value is -1.87. The smallest absolute Gasteiger partial charge is 0.325 e. The van der Waals surface area contributed by atoms with Crippen molar-refractivity contribution in [2.24, 2.45) is 17.2 Å². The fourth-order valence-corrected chi connectivity index (χ4v) is 2.69. The maximum Gasteiger partial charge on any atom is 0.325 e. The number of carbonyl (C=O) groups excluding carboxylic acids is 1. The standard InChI is InChI=1S/C13H26N6O3/c1-8-13(17,11(21)22)5-3-7-19(8)10(20)9(14)4-2-6-18-12(15)16/h8-9H,2-7,14,17H2,1H3,(H,21,22)(H4,15,16,18)/t8-,9-,13+/m0/s1. The van der Waals surface area contributed by atoms with Crippen LogP contribution in [0.2, 0.25) is 0 Å². The van der Waals surface area contributed by atoms with Crippen LogP contribution in [-0.2, 0) is 9.59 Å². The highest BCUT2D eigenvalue weighted by Crippen LogP contribution is 2.26. The van der Waals surface area contributed by atoms with Gasteiger partial charge in [0, 0.05) is 13.1 Å². The molecule has 0 unspecified atom stereocenters. The molecule has 0 aliphatic carbocycles. The fourth-order valence-electron chi connectivity index (χ4n) is 2.69. The lowest BCUT2D eigenvalue weighted by molar-refractivity contribution is -0.152. The van der Waals surface area contributed by atoms with Gasteiger partial charge in [-0.2, -0.15) is 0 Å². The van der Waals surface area contributed by atoms with Gasteiger partial charge in [-0.15, -0.1) is 0 Å². The summed E-state index contributed by atoms with van der Waals surface area (Å²) in [6.45, 7) is 2.57. The highest BCUT2D eigenvalue weighted by molar-refractivity contribution is 5.85. The second-order valence-electron chi connectivity index (χ2n) is 5.75. The summed E-state index contributed by atoms with van der Waals surface area (Å²) >= 11 is 0. The molecular formula is C13H26N6O3. The zero-order chi connectivity index (χ0) is 16.9. The average molecular weight is 314 g/mol. The number of hydrogen-bond acceptors (Lipinski definition) is 5. The SMILES string of the molecule is C[C@@H]1N(C(=O)[C@@H](N)CCCNC(=N)N)CCC[C@]1(N)C(=O)O. The Morgan fingerprint density at radius 2 is 2.18 bits per heavy atom. The number of hydrogen-bond donors (Lipinski definition) is 6. The van der Waals surface area contributed by atoms with E-state index < -0.39 is 23.6 Å². The molecule has 9 nitrogen and oxygen atoms in total. The van der Waals surface area contributed by atoms with Gasteiger partial charge in [-0.1, -0.05) is 0 Å². The topological polar surface area (TPSA) is 172 Å². The molecule has 22 heavy (non-hydrogen) atoms. The first-order valence-electron chi connectivity index (χ1n) is 7.36. The molecule has 1 fully saturated rings. The highest BCUT2D eigenvalue weighted by atomic mass is 16.4. The maximum atomic E-state index is 12.4. The summed E-state index contributed by atoms with van der Waals surface area (Å²) in [5.74, 6) is -1.51. The van der Waals surface area contributed by atoms with Crippen LogP contribution in [-0.4, -0.2) is 58.6 Å². The number of nitrogens with one attached hydrogen (secondary N) is 2. The molecule has 0 radical (unpaired) electrons. The number of piperidine rings is 1. The molecule has 1 aliphatic rings. The second kappa shape index (κ2) is 7.41. The van der Waals surface area contributed by atoms with E-state index >= 15 is 0 Å². The van der Waals surface area contributed by atoms with Crippen LogP contribution in [0, 0.1) is 5.41 Å². The lowest BCUT2D eigenvalue weighted by Crippen LogP contribution is -2.67. The number of guanidine groups is 1. The van der Waals surface area contributed by atoms with Crippen molar-refractivity contribution in [3.05, 3.63) is 0 Å². The molecule has 3 atom stereocenters. The van der Waals surface area contributed by atoms with Crippen LogP contribution in [0.15, 0.2) is 0 Å². The average Bonchev–Trinajstić information content (AvgIpc) is 2.45. The van der Waals surface area contributed by atoms with Gasteiger partial charge in [-0.05, 0) is 32.6 Å². The van der Waals surface area contributed by atoms with Gasteiger partial charge in [0.05, 0.1) is 12.1 Å². The fraction of sp³-hybridized carbons (Fsp3) is 0.769. The van der Waals surface area contributed by atoms with Crippen molar-refractivity contribution in [1.82, 2.24) is 10.2 Å². The number of nitrogens with two attached hydrogens (primary N) is 3. The summed E-state index contributed by atoms with van der Waals surface area (Å²) in [6, 6.07) is -1.32. The van der Waals surface area contributed by atoms with Gasteiger partial charge in [0.15, 0.2) is 5.96 Å². The van der Waals surface area contributed by atoms with Crippen molar-refractivity contribution in [2.75, 3.05) is 13.1 Å². The molecule has 1 heterocycles. The number of carboxylic acid groups (broad SMARTS) is 1. The van der Waals surface area contributed by atoms with Crippen molar-refractivity contribution in [1.29, 1.82) is 5.41 Å². The molecule has 1 rings (SSSR count). The lowest BCUT2D eigenvalue weighted by Gasteiger charge is -2.44. The summed E-state index contributed by atoms with van der Waals surface area (Å²) in [7, 11) is 0. The Morgan fingerprint density at radius 1 is 1.55 bits per heavy atom. The molecule has 0 aromatic heterocycles. The molecule has 9 N–H and O–H groups in total. The first-order valence-corrected chi connectivity index (χ1v) is 7.36. The second-order valence-corrected chi connectivity index (χ2v) is 5.75. The zero-order valence-electron chi connectivity index (χ0n) is 12.8. The quantitative estimate of drug-likeness (QED) is 0.194. The van der Waals surface area contributed by atoms with Crippen molar-refractivity contribution in [3.63, 3.8) is 0 Å². The normalized spacial score (nSPS) is 26.3. The Balaban J connectivity index is 2.60. The summed E-state index contributed by atoms with van der Waals surface area (Å²) < 4.78 is 0. The summed E-state index contributed by atoms with van der Waals surface area (Å²) in [5, 5.41) is 19.0. The number of aliphatic carboxylic acids is 1. The Kier molecular flexibility index (Phi) is 6.12. The van der Waals surface area contributed by atoms with Crippen LogP contribution in [0.4, 0.5) is 0 Å². The van der Waals surface area contributed by atoms with Crippen molar-refractivity contribution >= 4 is 17.8 Å². The third kappa shape index (κ3) is 4.08. The van der Waals surface area contributed by atoms with Crippen LogP contribution >= 0.6 is 0 Å². The number of rotatable bonds is 6. The van der Waals surface area contributed by atoms with E-state index in [2.05, 4.69) is 5.32 Å². The van der Waals surface area contributed by atoms with E-state index in [0.29, 0.717) is 38.8 Å². The Labute approximate surface area is 129 Å². The molecule has 1 saturated heterocycles. The van der Waals surface area contributed by atoms with Gasteiger partial charge in [0.1, 0.15) is 5.54 Å². The van der Waals surface area contributed by atoms with Gasteiger partial charge >= 0.3 is 5.97 Å². The van der Waals surface area contributed by atoms with Gasteiger partial charge in [0.2, 0.25) is 5.91 Å². The number of amides is 1. The van der Waals surface area contributed by atoms with Crippen LogP contribution in [0.25, 0.3) is 0 Å².